The molecule has 1 aromatic heterocycles. The molecule has 3 rings (SSSR count). The van der Waals surface area contributed by atoms with Gasteiger partial charge in [-0.25, -0.2) is 0 Å². The lowest BCUT2D eigenvalue weighted by molar-refractivity contribution is -0.0326. The van der Waals surface area contributed by atoms with Crippen molar-refractivity contribution in [1.82, 2.24) is 9.88 Å². The van der Waals surface area contributed by atoms with Crippen molar-refractivity contribution in [2.75, 3.05) is 26.7 Å². The van der Waals surface area contributed by atoms with E-state index >= 15 is 0 Å². The van der Waals surface area contributed by atoms with Gasteiger partial charge in [-0.1, -0.05) is 18.2 Å². The number of aromatic nitrogens is 1. The summed E-state index contributed by atoms with van der Waals surface area (Å²) < 4.78 is 5.79. The van der Waals surface area contributed by atoms with Crippen LogP contribution in [0.2, 0.25) is 0 Å². The van der Waals surface area contributed by atoms with Crippen molar-refractivity contribution in [1.29, 1.82) is 0 Å². The molecule has 1 fully saturated rings. The maximum absolute atomic E-state index is 6.34. The van der Waals surface area contributed by atoms with E-state index in [4.69, 9.17) is 10.5 Å². The molecule has 1 saturated heterocycles. The Morgan fingerprint density at radius 1 is 1.42 bits per heavy atom. The Bertz CT molecular complexity index is 572. The molecule has 0 radical (unpaired) electrons. The molecule has 0 aliphatic carbocycles. The van der Waals surface area contributed by atoms with Crippen LogP contribution in [0.15, 0.2) is 36.5 Å². The van der Waals surface area contributed by atoms with Gasteiger partial charge in [-0.15, -0.1) is 0 Å². The Morgan fingerprint density at radius 3 is 3.16 bits per heavy atom. The molecule has 0 amide bonds. The number of likely N-dealkylation sites (N-methyl/N-ethyl adjacent to an activating group) is 1. The Morgan fingerprint density at radius 2 is 2.32 bits per heavy atom. The number of benzene rings is 1. The molecule has 1 aromatic carbocycles. The zero-order valence-corrected chi connectivity index (χ0v) is 11.1. The van der Waals surface area contributed by atoms with E-state index in [2.05, 4.69) is 41.2 Å². The molecule has 0 bridgehead atoms. The van der Waals surface area contributed by atoms with Crippen LogP contribution in [-0.4, -0.2) is 42.7 Å². The fourth-order valence-electron chi connectivity index (χ4n) is 2.53. The van der Waals surface area contributed by atoms with E-state index in [-0.39, 0.29) is 12.1 Å². The summed E-state index contributed by atoms with van der Waals surface area (Å²) in [5.74, 6) is 0. The normalized spacial score (nSPS) is 22.5. The average molecular weight is 257 g/mol. The molecule has 100 valence electrons. The molecule has 0 spiro atoms. The van der Waals surface area contributed by atoms with Crippen LogP contribution < -0.4 is 5.73 Å². The molecule has 1 aliphatic heterocycles. The van der Waals surface area contributed by atoms with E-state index in [9.17, 15) is 0 Å². The first-order valence-electron chi connectivity index (χ1n) is 6.64. The van der Waals surface area contributed by atoms with Crippen molar-refractivity contribution >= 4 is 10.9 Å². The largest absolute Gasteiger partial charge is 0.374 e. The van der Waals surface area contributed by atoms with Crippen molar-refractivity contribution < 1.29 is 4.74 Å². The molecule has 19 heavy (non-hydrogen) atoms. The highest BCUT2D eigenvalue weighted by molar-refractivity contribution is 5.79. The monoisotopic (exact) mass is 257 g/mol. The summed E-state index contributed by atoms with van der Waals surface area (Å²) in [4.78, 5) is 6.63. The first-order valence-corrected chi connectivity index (χ1v) is 6.64. The van der Waals surface area contributed by atoms with Gasteiger partial charge in [0, 0.05) is 24.7 Å². The third-order valence-electron chi connectivity index (χ3n) is 3.71. The number of hydrogen-bond donors (Lipinski definition) is 1. The minimum Gasteiger partial charge on any atom is -0.374 e. The lowest BCUT2D eigenvalue weighted by Crippen LogP contribution is -2.45. The van der Waals surface area contributed by atoms with E-state index in [1.54, 1.807) is 0 Å². The Balaban J connectivity index is 1.86. The highest BCUT2D eigenvalue weighted by Crippen LogP contribution is 2.22. The van der Waals surface area contributed by atoms with Crippen molar-refractivity contribution in [2.24, 2.45) is 5.73 Å². The summed E-state index contributed by atoms with van der Waals surface area (Å²) in [6.07, 6.45) is 1.86. The molecule has 4 nitrogen and oxygen atoms in total. The van der Waals surface area contributed by atoms with Gasteiger partial charge in [0.2, 0.25) is 0 Å². The van der Waals surface area contributed by atoms with E-state index in [1.165, 1.54) is 0 Å². The summed E-state index contributed by atoms with van der Waals surface area (Å²) >= 11 is 0. The first-order chi connectivity index (χ1) is 9.24. The van der Waals surface area contributed by atoms with Gasteiger partial charge in [0.1, 0.15) is 0 Å². The minimum absolute atomic E-state index is 0.0555. The van der Waals surface area contributed by atoms with Gasteiger partial charge in [-0.2, -0.15) is 0 Å². The summed E-state index contributed by atoms with van der Waals surface area (Å²) in [6.45, 7) is 2.60. The van der Waals surface area contributed by atoms with Gasteiger partial charge < -0.3 is 15.4 Å². The highest BCUT2D eigenvalue weighted by Gasteiger charge is 2.25. The fraction of sp³-hybridized carbons (Fsp3) is 0.400. The number of rotatable bonds is 2. The number of pyridine rings is 1. The quantitative estimate of drug-likeness (QED) is 0.887. The zero-order chi connectivity index (χ0) is 13.2. The summed E-state index contributed by atoms with van der Waals surface area (Å²) in [6, 6.07) is 10.1. The summed E-state index contributed by atoms with van der Waals surface area (Å²) in [7, 11) is 2.10. The van der Waals surface area contributed by atoms with Crippen LogP contribution in [0, 0.1) is 0 Å². The number of nitrogens with zero attached hydrogens (tertiary/aromatic N) is 2. The number of ether oxygens (including phenoxy) is 1. The molecular weight excluding hydrogens is 238 g/mol. The van der Waals surface area contributed by atoms with Gasteiger partial charge in [0.15, 0.2) is 0 Å². The molecule has 0 saturated carbocycles. The Hall–Kier alpha value is -1.49. The van der Waals surface area contributed by atoms with Crippen LogP contribution in [0.5, 0.6) is 0 Å². The lowest BCUT2D eigenvalue weighted by Gasteiger charge is -2.33. The number of morpholine rings is 1. The van der Waals surface area contributed by atoms with Crippen LogP contribution in [0.1, 0.15) is 11.6 Å². The van der Waals surface area contributed by atoms with E-state index in [0.717, 1.165) is 36.2 Å². The zero-order valence-electron chi connectivity index (χ0n) is 11.1. The van der Waals surface area contributed by atoms with Crippen LogP contribution in [0.3, 0.4) is 0 Å². The van der Waals surface area contributed by atoms with Gasteiger partial charge in [-0.3, -0.25) is 4.98 Å². The van der Waals surface area contributed by atoms with E-state index in [1.807, 2.05) is 12.3 Å². The summed E-state index contributed by atoms with van der Waals surface area (Å²) in [5, 5.41) is 1.14. The molecule has 2 unspecified atom stereocenters. The van der Waals surface area contributed by atoms with E-state index in [0.29, 0.717) is 0 Å². The van der Waals surface area contributed by atoms with Crippen molar-refractivity contribution in [2.45, 2.75) is 12.1 Å². The predicted molar refractivity (Wildman–Crippen MR) is 75.9 cm³/mol. The van der Waals surface area contributed by atoms with Crippen molar-refractivity contribution in [3.8, 4) is 0 Å². The standard InChI is InChI=1S/C15H19N3O/c1-18-7-8-19-14(10-18)15(16)12-5-4-11-3-2-6-17-13(11)9-12/h2-6,9,14-15H,7-8,10,16H2,1H3. The van der Waals surface area contributed by atoms with Crippen LogP contribution in [0.25, 0.3) is 10.9 Å². The third-order valence-corrected chi connectivity index (χ3v) is 3.71. The second-order valence-electron chi connectivity index (χ2n) is 5.15. The van der Waals surface area contributed by atoms with Crippen molar-refractivity contribution in [3.63, 3.8) is 0 Å². The van der Waals surface area contributed by atoms with Gasteiger partial charge in [0.05, 0.1) is 24.3 Å². The molecule has 2 heterocycles. The topological polar surface area (TPSA) is 51.4 Å². The van der Waals surface area contributed by atoms with Gasteiger partial charge in [0.25, 0.3) is 0 Å². The summed E-state index contributed by atoms with van der Waals surface area (Å²) in [5.41, 5.74) is 8.42. The first kappa shape index (κ1) is 12.5. The number of hydrogen-bond acceptors (Lipinski definition) is 4. The molecule has 2 aromatic rings. The molecule has 2 N–H and O–H groups in total. The SMILES string of the molecule is CN1CCOC(C(N)c2ccc3cccnc3c2)C1. The second-order valence-corrected chi connectivity index (χ2v) is 5.15. The lowest BCUT2D eigenvalue weighted by atomic mass is 9.99. The van der Waals surface area contributed by atoms with E-state index < -0.39 is 0 Å². The third kappa shape index (κ3) is 2.61. The van der Waals surface area contributed by atoms with Gasteiger partial charge in [-0.05, 0) is 24.7 Å². The average Bonchev–Trinajstić information content (AvgIpc) is 2.46. The Labute approximate surface area is 113 Å². The molecule has 4 heteroatoms. The smallest absolute Gasteiger partial charge is 0.0894 e. The number of fused-ring (bicyclic) bond motifs is 1. The Kier molecular flexibility index (Phi) is 3.46. The highest BCUT2D eigenvalue weighted by atomic mass is 16.5. The predicted octanol–water partition coefficient (Wildman–Crippen LogP) is 1.57. The molecule has 2 atom stereocenters. The molecular formula is C15H19N3O. The van der Waals surface area contributed by atoms with Crippen LogP contribution in [-0.2, 0) is 4.74 Å². The second kappa shape index (κ2) is 5.25. The van der Waals surface area contributed by atoms with Gasteiger partial charge >= 0.3 is 0 Å². The fourth-order valence-corrected chi connectivity index (χ4v) is 2.53. The van der Waals surface area contributed by atoms with Crippen molar-refractivity contribution in [3.05, 3.63) is 42.1 Å². The number of nitrogens with two attached hydrogens (primary N) is 1. The minimum atomic E-state index is -0.103. The maximum atomic E-state index is 6.34. The maximum Gasteiger partial charge on any atom is 0.0894 e. The van der Waals surface area contributed by atoms with Crippen LogP contribution >= 0.6 is 0 Å². The van der Waals surface area contributed by atoms with Crippen LogP contribution in [0.4, 0.5) is 0 Å². The molecule has 1 aliphatic rings.